The standard InChI is InChI=1S/C6H10N2O4/c7-4(6(9)10)1-3-2-5(3)8(11)12/h3-5H,1-2,7H2,(H,9,10)/t3?,4-,5?/m0/s1. The van der Waals surface area contributed by atoms with Crippen LogP contribution in [0.15, 0.2) is 0 Å². The number of nitrogens with two attached hydrogens (primary N) is 1. The van der Waals surface area contributed by atoms with Gasteiger partial charge in [0.1, 0.15) is 6.04 Å². The van der Waals surface area contributed by atoms with Crippen molar-refractivity contribution in [2.24, 2.45) is 11.7 Å². The minimum absolute atomic E-state index is 0.133. The van der Waals surface area contributed by atoms with Crippen molar-refractivity contribution in [3.05, 3.63) is 10.1 Å². The summed E-state index contributed by atoms with van der Waals surface area (Å²) < 4.78 is 0. The van der Waals surface area contributed by atoms with Gasteiger partial charge in [0, 0.05) is 17.3 Å². The Morgan fingerprint density at radius 1 is 1.83 bits per heavy atom. The molecule has 1 saturated carbocycles. The molecule has 6 heteroatoms. The van der Waals surface area contributed by atoms with E-state index < -0.39 is 18.1 Å². The highest BCUT2D eigenvalue weighted by atomic mass is 16.6. The predicted molar refractivity (Wildman–Crippen MR) is 39.1 cm³/mol. The second kappa shape index (κ2) is 3.06. The third-order valence-corrected chi connectivity index (χ3v) is 2.03. The summed E-state index contributed by atoms with van der Waals surface area (Å²) in [5.74, 6) is -1.23. The van der Waals surface area contributed by atoms with Crippen LogP contribution >= 0.6 is 0 Å². The Morgan fingerprint density at radius 2 is 2.42 bits per heavy atom. The van der Waals surface area contributed by atoms with Crippen LogP contribution in [0.4, 0.5) is 0 Å². The number of rotatable bonds is 4. The summed E-state index contributed by atoms with van der Waals surface area (Å²) in [6.45, 7) is 0. The lowest BCUT2D eigenvalue weighted by Gasteiger charge is -2.02. The molecule has 3 atom stereocenters. The van der Waals surface area contributed by atoms with Gasteiger partial charge in [-0.25, -0.2) is 0 Å². The number of aliphatic carboxylic acids is 1. The Kier molecular flexibility index (Phi) is 2.27. The second-order valence-electron chi connectivity index (χ2n) is 3.03. The monoisotopic (exact) mass is 174 g/mol. The van der Waals surface area contributed by atoms with E-state index in [-0.39, 0.29) is 17.3 Å². The highest BCUT2D eigenvalue weighted by Gasteiger charge is 2.49. The minimum atomic E-state index is -1.09. The molecule has 0 aromatic rings. The van der Waals surface area contributed by atoms with Gasteiger partial charge in [0.05, 0.1) is 0 Å². The van der Waals surface area contributed by atoms with E-state index in [9.17, 15) is 14.9 Å². The van der Waals surface area contributed by atoms with E-state index in [1.54, 1.807) is 0 Å². The third kappa shape index (κ3) is 1.91. The van der Waals surface area contributed by atoms with Crippen LogP contribution in [0.2, 0.25) is 0 Å². The molecular formula is C6H10N2O4. The van der Waals surface area contributed by atoms with Gasteiger partial charge >= 0.3 is 5.97 Å². The zero-order valence-corrected chi connectivity index (χ0v) is 6.34. The lowest BCUT2D eigenvalue weighted by Crippen LogP contribution is -2.31. The summed E-state index contributed by atoms with van der Waals surface area (Å²) in [4.78, 5) is 20.0. The fourth-order valence-electron chi connectivity index (χ4n) is 1.17. The molecule has 0 aromatic heterocycles. The number of hydrogen-bond acceptors (Lipinski definition) is 4. The molecule has 3 N–H and O–H groups in total. The van der Waals surface area contributed by atoms with Crippen LogP contribution in [-0.2, 0) is 4.79 Å². The summed E-state index contributed by atoms with van der Waals surface area (Å²) in [5, 5.41) is 18.5. The van der Waals surface area contributed by atoms with Gasteiger partial charge in [0.15, 0.2) is 0 Å². The summed E-state index contributed by atoms with van der Waals surface area (Å²) in [6, 6.07) is -1.52. The van der Waals surface area contributed by atoms with Crippen LogP contribution in [0.3, 0.4) is 0 Å². The van der Waals surface area contributed by atoms with Gasteiger partial charge in [0.25, 0.3) is 0 Å². The Morgan fingerprint density at radius 3 is 2.75 bits per heavy atom. The molecule has 0 radical (unpaired) electrons. The Hall–Kier alpha value is -1.17. The molecular weight excluding hydrogens is 164 g/mol. The molecule has 68 valence electrons. The summed E-state index contributed by atoms with van der Waals surface area (Å²) in [6.07, 6.45) is 0.676. The first kappa shape index (κ1) is 8.92. The van der Waals surface area contributed by atoms with E-state index in [4.69, 9.17) is 10.8 Å². The molecule has 0 saturated heterocycles. The number of carboxylic acid groups (broad SMARTS) is 1. The third-order valence-electron chi connectivity index (χ3n) is 2.03. The maximum absolute atomic E-state index is 10.2. The van der Waals surface area contributed by atoms with E-state index in [1.807, 2.05) is 0 Å². The molecule has 6 nitrogen and oxygen atoms in total. The molecule has 1 rings (SSSR count). The first-order chi connectivity index (χ1) is 5.52. The van der Waals surface area contributed by atoms with Gasteiger partial charge in [-0.3, -0.25) is 14.9 Å². The van der Waals surface area contributed by atoms with Crippen molar-refractivity contribution in [2.75, 3.05) is 0 Å². The van der Waals surface area contributed by atoms with E-state index in [1.165, 1.54) is 0 Å². The van der Waals surface area contributed by atoms with E-state index in [2.05, 4.69) is 0 Å². The number of carbonyl (C=O) groups is 1. The normalized spacial score (nSPS) is 29.4. The largest absolute Gasteiger partial charge is 0.480 e. The van der Waals surface area contributed by atoms with Crippen molar-refractivity contribution in [1.82, 2.24) is 0 Å². The van der Waals surface area contributed by atoms with Crippen LogP contribution in [0, 0.1) is 16.0 Å². The lowest BCUT2D eigenvalue weighted by atomic mass is 10.1. The maximum atomic E-state index is 10.2. The zero-order chi connectivity index (χ0) is 9.30. The molecule has 0 aliphatic heterocycles. The zero-order valence-electron chi connectivity index (χ0n) is 6.34. The molecule has 12 heavy (non-hydrogen) atoms. The van der Waals surface area contributed by atoms with Gasteiger partial charge in [-0.05, 0) is 6.42 Å². The predicted octanol–water partition coefficient (Wildman–Crippen LogP) is -0.546. The van der Waals surface area contributed by atoms with Crippen LogP contribution in [0.1, 0.15) is 12.8 Å². The van der Waals surface area contributed by atoms with Crippen LogP contribution in [0.5, 0.6) is 0 Å². The molecule has 1 fully saturated rings. The molecule has 0 bridgehead atoms. The first-order valence-electron chi connectivity index (χ1n) is 3.64. The maximum Gasteiger partial charge on any atom is 0.320 e. The topological polar surface area (TPSA) is 106 Å². The average Bonchev–Trinajstić information content (AvgIpc) is 2.67. The van der Waals surface area contributed by atoms with Gasteiger partial charge in [0.2, 0.25) is 6.04 Å². The van der Waals surface area contributed by atoms with Gasteiger partial charge in [-0.1, -0.05) is 0 Å². The number of nitrogens with zero attached hydrogens (tertiary/aromatic N) is 1. The summed E-state index contributed by atoms with van der Waals surface area (Å²) in [7, 11) is 0. The molecule has 0 aromatic carbocycles. The summed E-state index contributed by atoms with van der Waals surface area (Å²) in [5.41, 5.74) is 5.20. The summed E-state index contributed by atoms with van der Waals surface area (Å²) >= 11 is 0. The highest BCUT2D eigenvalue weighted by Crippen LogP contribution is 2.36. The van der Waals surface area contributed by atoms with Crippen LogP contribution in [-0.4, -0.2) is 28.1 Å². The van der Waals surface area contributed by atoms with Gasteiger partial charge in [-0.15, -0.1) is 0 Å². The Balaban J connectivity index is 2.27. The Labute approximate surface area is 68.5 Å². The van der Waals surface area contributed by atoms with Crippen molar-refractivity contribution in [3.63, 3.8) is 0 Å². The van der Waals surface area contributed by atoms with Crippen molar-refractivity contribution in [2.45, 2.75) is 24.9 Å². The second-order valence-corrected chi connectivity index (χ2v) is 3.03. The van der Waals surface area contributed by atoms with Crippen molar-refractivity contribution < 1.29 is 14.8 Å². The average molecular weight is 174 g/mol. The fraction of sp³-hybridized carbons (Fsp3) is 0.833. The quantitative estimate of drug-likeness (QED) is 0.439. The van der Waals surface area contributed by atoms with Crippen LogP contribution < -0.4 is 5.73 Å². The molecule has 2 unspecified atom stereocenters. The number of carboxylic acids is 1. The molecule has 0 spiro atoms. The van der Waals surface area contributed by atoms with E-state index >= 15 is 0 Å². The van der Waals surface area contributed by atoms with Crippen LogP contribution in [0.25, 0.3) is 0 Å². The fourth-order valence-corrected chi connectivity index (χ4v) is 1.17. The van der Waals surface area contributed by atoms with Crippen molar-refractivity contribution >= 4 is 5.97 Å². The van der Waals surface area contributed by atoms with E-state index in [0.29, 0.717) is 6.42 Å². The van der Waals surface area contributed by atoms with Crippen molar-refractivity contribution in [3.8, 4) is 0 Å². The number of hydrogen-bond donors (Lipinski definition) is 2. The molecule has 0 amide bonds. The van der Waals surface area contributed by atoms with Gasteiger partial charge < -0.3 is 10.8 Å². The lowest BCUT2D eigenvalue weighted by molar-refractivity contribution is -0.498. The molecule has 1 aliphatic carbocycles. The minimum Gasteiger partial charge on any atom is -0.480 e. The Bertz CT molecular complexity index is 218. The smallest absolute Gasteiger partial charge is 0.320 e. The SMILES string of the molecule is N[C@@H](CC1CC1[N+](=O)[O-])C(=O)O. The molecule has 0 heterocycles. The highest BCUT2D eigenvalue weighted by molar-refractivity contribution is 5.73. The molecule has 1 aliphatic rings. The van der Waals surface area contributed by atoms with E-state index in [0.717, 1.165) is 0 Å². The van der Waals surface area contributed by atoms with Gasteiger partial charge in [-0.2, -0.15) is 0 Å². The van der Waals surface area contributed by atoms with Crippen molar-refractivity contribution in [1.29, 1.82) is 0 Å². The first-order valence-corrected chi connectivity index (χ1v) is 3.64. The number of nitro groups is 1.